The third-order valence-electron chi connectivity index (χ3n) is 5.36. The van der Waals surface area contributed by atoms with E-state index in [0.29, 0.717) is 0 Å². The highest BCUT2D eigenvalue weighted by molar-refractivity contribution is 5.81. The van der Waals surface area contributed by atoms with Gasteiger partial charge in [0, 0.05) is 31.2 Å². The van der Waals surface area contributed by atoms with Gasteiger partial charge in [-0.25, -0.2) is 8.78 Å². The van der Waals surface area contributed by atoms with Crippen molar-refractivity contribution in [2.24, 2.45) is 0 Å². The van der Waals surface area contributed by atoms with E-state index >= 15 is 0 Å². The molecule has 26 heavy (non-hydrogen) atoms. The number of benzene rings is 1. The van der Waals surface area contributed by atoms with Crippen molar-refractivity contribution >= 4 is 5.91 Å². The first-order chi connectivity index (χ1) is 12.4. The molecule has 1 heterocycles. The van der Waals surface area contributed by atoms with Crippen LogP contribution in [0.5, 0.6) is 5.75 Å². The maximum absolute atomic E-state index is 13.2. The van der Waals surface area contributed by atoms with E-state index in [-0.39, 0.29) is 29.8 Å². The molecule has 0 unspecified atom stereocenters. The average Bonchev–Trinajstić information content (AvgIpc) is 3.05. The maximum Gasteiger partial charge on any atom is 0.260 e. The Bertz CT molecular complexity index is 635. The van der Waals surface area contributed by atoms with E-state index in [9.17, 15) is 18.7 Å². The van der Waals surface area contributed by atoms with Gasteiger partial charge >= 0.3 is 0 Å². The SMILES string of the molecule is C[C@H](Oc1ccc(F)c(F)c1)C(=O)NC1CCN([C@@H]2CCC[C@@H]2O)CC1. The summed E-state index contributed by atoms with van der Waals surface area (Å²) in [4.78, 5) is 14.6. The molecule has 0 bridgehead atoms. The molecular weight excluding hydrogens is 342 g/mol. The van der Waals surface area contributed by atoms with Crippen molar-refractivity contribution in [1.82, 2.24) is 10.2 Å². The van der Waals surface area contributed by atoms with Gasteiger partial charge in [-0.15, -0.1) is 0 Å². The summed E-state index contributed by atoms with van der Waals surface area (Å²) in [5.41, 5.74) is 0. The number of piperidine rings is 1. The molecule has 2 N–H and O–H groups in total. The second-order valence-corrected chi connectivity index (χ2v) is 7.22. The van der Waals surface area contributed by atoms with Crippen molar-refractivity contribution in [3.05, 3.63) is 29.8 Å². The first-order valence-corrected chi connectivity index (χ1v) is 9.28. The Morgan fingerprint density at radius 1 is 1.23 bits per heavy atom. The van der Waals surface area contributed by atoms with Gasteiger partial charge in [0.15, 0.2) is 17.7 Å². The van der Waals surface area contributed by atoms with Gasteiger partial charge in [-0.2, -0.15) is 0 Å². The third kappa shape index (κ3) is 4.51. The second kappa shape index (κ2) is 8.31. The van der Waals surface area contributed by atoms with Gasteiger partial charge in [0.2, 0.25) is 0 Å². The van der Waals surface area contributed by atoms with Crippen LogP contribution in [0.1, 0.15) is 39.0 Å². The molecule has 1 aromatic carbocycles. The number of aliphatic hydroxyl groups is 1. The van der Waals surface area contributed by atoms with Gasteiger partial charge in [0.1, 0.15) is 5.75 Å². The summed E-state index contributed by atoms with van der Waals surface area (Å²) >= 11 is 0. The van der Waals surface area contributed by atoms with E-state index in [1.807, 2.05) is 0 Å². The normalized spacial score (nSPS) is 25.8. The number of nitrogens with one attached hydrogen (secondary N) is 1. The molecule has 0 aromatic heterocycles. The fraction of sp³-hybridized carbons (Fsp3) is 0.632. The quantitative estimate of drug-likeness (QED) is 0.837. The van der Waals surface area contributed by atoms with Gasteiger partial charge < -0.3 is 15.2 Å². The van der Waals surface area contributed by atoms with Crippen molar-refractivity contribution in [2.75, 3.05) is 13.1 Å². The van der Waals surface area contributed by atoms with Gasteiger partial charge in [0.25, 0.3) is 5.91 Å². The number of likely N-dealkylation sites (tertiary alicyclic amines) is 1. The lowest BCUT2D eigenvalue weighted by Crippen LogP contribution is -2.51. The third-order valence-corrected chi connectivity index (χ3v) is 5.36. The minimum Gasteiger partial charge on any atom is -0.481 e. The van der Waals surface area contributed by atoms with Crippen LogP contribution in [-0.4, -0.2) is 53.3 Å². The van der Waals surface area contributed by atoms with E-state index in [1.54, 1.807) is 6.92 Å². The van der Waals surface area contributed by atoms with Gasteiger partial charge in [-0.1, -0.05) is 0 Å². The maximum atomic E-state index is 13.2. The van der Waals surface area contributed by atoms with Crippen LogP contribution in [0.25, 0.3) is 0 Å². The zero-order valence-electron chi connectivity index (χ0n) is 15.0. The fourth-order valence-electron chi connectivity index (χ4n) is 3.85. The Labute approximate surface area is 152 Å². The zero-order valence-corrected chi connectivity index (χ0v) is 15.0. The average molecular weight is 368 g/mol. The molecule has 3 atom stereocenters. The van der Waals surface area contributed by atoms with Crippen molar-refractivity contribution in [2.45, 2.75) is 63.3 Å². The number of carbonyl (C=O) groups is 1. The number of rotatable bonds is 5. The van der Waals surface area contributed by atoms with E-state index in [0.717, 1.165) is 57.3 Å². The predicted molar refractivity (Wildman–Crippen MR) is 92.8 cm³/mol. The van der Waals surface area contributed by atoms with Gasteiger partial charge in [0.05, 0.1) is 6.10 Å². The number of hydrogen-bond acceptors (Lipinski definition) is 4. The summed E-state index contributed by atoms with van der Waals surface area (Å²) in [6.45, 7) is 3.29. The summed E-state index contributed by atoms with van der Waals surface area (Å²) < 4.78 is 31.6. The number of ether oxygens (including phenoxy) is 1. The molecule has 1 aromatic rings. The van der Waals surface area contributed by atoms with Crippen LogP contribution in [0.4, 0.5) is 8.78 Å². The highest BCUT2D eigenvalue weighted by atomic mass is 19.2. The number of carbonyl (C=O) groups excluding carboxylic acids is 1. The van der Waals surface area contributed by atoms with Gasteiger partial charge in [-0.3, -0.25) is 9.69 Å². The summed E-state index contributed by atoms with van der Waals surface area (Å²) in [6, 6.07) is 3.52. The van der Waals surface area contributed by atoms with Crippen molar-refractivity contribution < 1.29 is 23.4 Å². The lowest BCUT2D eigenvalue weighted by Gasteiger charge is -2.37. The molecule has 3 rings (SSSR count). The molecule has 0 radical (unpaired) electrons. The lowest BCUT2D eigenvalue weighted by atomic mass is 10.0. The Balaban J connectivity index is 1.45. The van der Waals surface area contributed by atoms with E-state index in [2.05, 4.69) is 10.2 Å². The summed E-state index contributed by atoms with van der Waals surface area (Å²) in [5, 5.41) is 13.0. The Kier molecular flexibility index (Phi) is 6.09. The number of halogens is 2. The molecule has 1 aliphatic heterocycles. The molecule has 5 nitrogen and oxygen atoms in total. The lowest BCUT2D eigenvalue weighted by molar-refractivity contribution is -0.128. The predicted octanol–water partition coefficient (Wildman–Crippen LogP) is 2.23. The Morgan fingerprint density at radius 2 is 1.96 bits per heavy atom. The molecule has 1 saturated carbocycles. The van der Waals surface area contributed by atoms with Crippen LogP contribution >= 0.6 is 0 Å². The number of aliphatic hydroxyl groups excluding tert-OH is 1. The summed E-state index contributed by atoms with van der Waals surface area (Å²) in [5.74, 6) is -2.10. The molecule has 2 fully saturated rings. The van der Waals surface area contributed by atoms with Crippen LogP contribution in [-0.2, 0) is 4.79 Å². The molecule has 1 aliphatic carbocycles. The van der Waals surface area contributed by atoms with Crippen LogP contribution in [0.3, 0.4) is 0 Å². The van der Waals surface area contributed by atoms with E-state index in [1.165, 1.54) is 6.07 Å². The van der Waals surface area contributed by atoms with Gasteiger partial charge in [-0.05, 0) is 51.2 Å². The number of hydrogen-bond donors (Lipinski definition) is 2. The summed E-state index contributed by atoms with van der Waals surface area (Å²) in [6.07, 6.45) is 3.61. The molecule has 0 spiro atoms. The molecule has 1 amide bonds. The zero-order chi connectivity index (χ0) is 18.7. The molecule has 1 saturated heterocycles. The van der Waals surface area contributed by atoms with E-state index in [4.69, 9.17) is 4.74 Å². The Hall–Kier alpha value is -1.73. The standard InChI is InChI=1S/C19H26F2N2O3/c1-12(26-14-5-6-15(20)16(21)11-14)19(25)22-13-7-9-23(10-8-13)17-3-2-4-18(17)24/h5-6,11-13,17-18,24H,2-4,7-10H2,1H3,(H,22,25)/t12-,17+,18-/m0/s1. The van der Waals surface area contributed by atoms with Crippen molar-refractivity contribution in [3.63, 3.8) is 0 Å². The number of amides is 1. The first kappa shape index (κ1) is 19.0. The molecule has 7 heteroatoms. The largest absolute Gasteiger partial charge is 0.481 e. The Morgan fingerprint density at radius 3 is 2.58 bits per heavy atom. The minimum absolute atomic E-state index is 0.0632. The number of nitrogens with zero attached hydrogens (tertiary/aromatic N) is 1. The monoisotopic (exact) mass is 368 g/mol. The molecule has 2 aliphatic rings. The van der Waals surface area contributed by atoms with Crippen LogP contribution in [0.15, 0.2) is 18.2 Å². The second-order valence-electron chi connectivity index (χ2n) is 7.22. The molecular formula is C19H26F2N2O3. The smallest absolute Gasteiger partial charge is 0.260 e. The van der Waals surface area contributed by atoms with Crippen molar-refractivity contribution in [3.8, 4) is 5.75 Å². The highest BCUT2D eigenvalue weighted by Gasteiger charge is 2.33. The van der Waals surface area contributed by atoms with Crippen molar-refractivity contribution in [1.29, 1.82) is 0 Å². The summed E-state index contributed by atoms with van der Waals surface area (Å²) in [7, 11) is 0. The van der Waals surface area contributed by atoms with Crippen LogP contribution in [0, 0.1) is 11.6 Å². The minimum atomic E-state index is -1.00. The van der Waals surface area contributed by atoms with E-state index < -0.39 is 17.7 Å². The first-order valence-electron chi connectivity index (χ1n) is 9.28. The van der Waals surface area contributed by atoms with Crippen LogP contribution < -0.4 is 10.1 Å². The highest BCUT2D eigenvalue weighted by Crippen LogP contribution is 2.26. The van der Waals surface area contributed by atoms with Crippen LogP contribution in [0.2, 0.25) is 0 Å². The topological polar surface area (TPSA) is 61.8 Å². The molecule has 144 valence electrons. The fourth-order valence-corrected chi connectivity index (χ4v) is 3.85.